The van der Waals surface area contributed by atoms with Crippen LogP contribution in [0.2, 0.25) is 0 Å². The lowest BCUT2D eigenvalue weighted by Gasteiger charge is -2.10. The van der Waals surface area contributed by atoms with Crippen molar-refractivity contribution in [2.45, 2.75) is 6.92 Å². The monoisotopic (exact) mass is 431 g/mol. The van der Waals surface area contributed by atoms with Gasteiger partial charge in [-0.2, -0.15) is 10.1 Å². The molecular formula is C22H21N7O3. The van der Waals surface area contributed by atoms with E-state index in [0.717, 1.165) is 38.9 Å². The minimum absolute atomic E-state index is 0.166. The molecule has 10 heteroatoms. The van der Waals surface area contributed by atoms with Crippen molar-refractivity contribution in [1.29, 1.82) is 0 Å². The predicted molar refractivity (Wildman–Crippen MR) is 119 cm³/mol. The number of aryl methyl sites for hydroxylation is 3. The quantitative estimate of drug-likeness (QED) is 0.431. The lowest BCUT2D eigenvalue weighted by atomic mass is 10.0. The van der Waals surface area contributed by atoms with Crippen LogP contribution in [0.25, 0.3) is 38.8 Å². The summed E-state index contributed by atoms with van der Waals surface area (Å²) in [5.41, 5.74) is 5.10. The Bertz CT molecular complexity index is 1560. The van der Waals surface area contributed by atoms with Gasteiger partial charge in [0.2, 0.25) is 5.88 Å². The van der Waals surface area contributed by atoms with Crippen LogP contribution in [0.5, 0.6) is 11.9 Å². The zero-order valence-corrected chi connectivity index (χ0v) is 18.3. The topological polar surface area (TPSA) is 102 Å². The van der Waals surface area contributed by atoms with E-state index in [9.17, 15) is 4.79 Å². The van der Waals surface area contributed by atoms with Gasteiger partial charge in [-0.25, -0.2) is 9.78 Å². The number of ether oxygens (including phenoxy) is 2. The van der Waals surface area contributed by atoms with Crippen LogP contribution < -0.4 is 15.2 Å². The SMILES string of the molecule is COc1ncc(-c2ccc3ncc4c(c3c2)n(-c2cn(C)nc2C)c(=O)n4C)c(OC)n1. The van der Waals surface area contributed by atoms with Crippen LogP contribution in [0.15, 0.2) is 41.6 Å². The van der Waals surface area contributed by atoms with Crippen molar-refractivity contribution in [3.8, 4) is 28.7 Å². The lowest BCUT2D eigenvalue weighted by molar-refractivity contribution is 0.353. The van der Waals surface area contributed by atoms with Crippen molar-refractivity contribution in [3.63, 3.8) is 0 Å². The van der Waals surface area contributed by atoms with Crippen molar-refractivity contribution < 1.29 is 9.47 Å². The second-order valence-corrected chi connectivity index (χ2v) is 7.45. The Morgan fingerprint density at radius 1 is 1.03 bits per heavy atom. The highest BCUT2D eigenvalue weighted by Gasteiger charge is 2.20. The molecule has 0 N–H and O–H groups in total. The van der Waals surface area contributed by atoms with Crippen LogP contribution >= 0.6 is 0 Å². The Labute approximate surface area is 182 Å². The third kappa shape index (κ3) is 2.83. The summed E-state index contributed by atoms with van der Waals surface area (Å²) in [6.07, 6.45) is 5.22. The molecule has 4 heterocycles. The number of methoxy groups -OCH3 is 2. The summed E-state index contributed by atoms with van der Waals surface area (Å²) in [5.74, 6) is 0.393. The smallest absolute Gasteiger partial charge is 0.333 e. The van der Waals surface area contributed by atoms with Gasteiger partial charge in [0.1, 0.15) is 0 Å². The average molecular weight is 431 g/mol. The molecule has 1 aromatic carbocycles. The van der Waals surface area contributed by atoms with Gasteiger partial charge in [-0.05, 0) is 24.6 Å². The standard InChI is InChI=1S/C22H21N7O3/c1-12-18(11-27(2)26-12)29-19-14-8-13(15-9-24-21(32-5)25-20(15)31-4)6-7-16(14)23-10-17(19)28(3)22(29)30/h6-11H,1-5H3. The molecule has 0 amide bonds. The summed E-state index contributed by atoms with van der Waals surface area (Å²) in [5, 5.41) is 5.23. The second kappa shape index (κ2) is 7.19. The summed E-state index contributed by atoms with van der Waals surface area (Å²) in [4.78, 5) is 26.3. The molecule has 0 spiro atoms. The molecule has 0 aliphatic rings. The first kappa shape index (κ1) is 19.7. The number of benzene rings is 1. The van der Waals surface area contributed by atoms with E-state index in [-0.39, 0.29) is 11.7 Å². The fourth-order valence-electron chi connectivity index (χ4n) is 4.00. The van der Waals surface area contributed by atoms with Gasteiger partial charge >= 0.3 is 11.7 Å². The molecule has 0 atom stereocenters. The van der Waals surface area contributed by atoms with Crippen molar-refractivity contribution in [1.82, 2.24) is 33.9 Å². The summed E-state index contributed by atoms with van der Waals surface area (Å²) in [6.45, 7) is 1.88. The van der Waals surface area contributed by atoms with Crippen LogP contribution in [0.1, 0.15) is 5.69 Å². The molecule has 0 fully saturated rings. The van der Waals surface area contributed by atoms with E-state index in [1.165, 1.54) is 7.11 Å². The number of nitrogens with zero attached hydrogens (tertiary/aromatic N) is 7. The maximum atomic E-state index is 13.2. The van der Waals surface area contributed by atoms with Gasteiger partial charge in [0.05, 0.1) is 53.9 Å². The van der Waals surface area contributed by atoms with E-state index in [1.807, 2.05) is 38.4 Å². The zero-order valence-electron chi connectivity index (χ0n) is 18.3. The average Bonchev–Trinajstić information content (AvgIpc) is 3.27. The molecule has 10 nitrogen and oxygen atoms in total. The number of rotatable bonds is 4. The fourth-order valence-corrected chi connectivity index (χ4v) is 4.00. The summed E-state index contributed by atoms with van der Waals surface area (Å²) in [6, 6.07) is 6.03. The van der Waals surface area contributed by atoms with Crippen LogP contribution in [-0.2, 0) is 14.1 Å². The molecule has 4 aromatic heterocycles. The molecule has 0 aliphatic carbocycles. The molecule has 162 valence electrons. The third-order valence-corrected chi connectivity index (χ3v) is 5.53. The summed E-state index contributed by atoms with van der Waals surface area (Å²) in [7, 11) is 6.62. The van der Waals surface area contributed by atoms with Gasteiger partial charge in [0.25, 0.3) is 0 Å². The van der Waals surface area contributed by atoms with Crippen LogP contribution in [0.4, 0.5) is 0 Å². The van der Waals surface area contributed by atoms with Crippen molar-refractivity contribution in [3.05, 3.63) is 53.0 Å². The minimum atomic E-state index is -0.166. The molecular weight excluding hydrogens is 410 g/mol. The van der Waals surface area contributed by atoms with Crippen molar-refractivity contribution in [2.75, 3.05) is 14.2 Å². The first-order chi connectivity index (χ1) is 15.4. The van der Waals surface area contributed by atoms with E-state index in [0.29, 0.717) is 11.4 Å². The van der Waals surface area contributed by atoms with Crippen LogP contribution in [-0.4, -0.2) is 48.1 Å². The highest BCUT2D eigenvalue weighted by molar-refractivity contribution is 6.04. The maximum absolute atomic E-state index is 13.2. The number of pyridine rings is 1. The zero-order chi connectivity index (χ0) is 22.6. The van der Waals surface area contributed by atoms with Gasteiger partial charge < -0.3 is 9.47 Å². The molecule has 0 bridgehead atoms. The van der Waals surface area contributed by atoms with Crippen LogP contribution in [0.3, 0.4) is 0 Å². The van der Waals surface area contributed by atoms with Crippen molar-refractivity contribution in [2.24, 2.45) is 14.1 Å². The minimum Gasteiger partial charge on any atom is -0.480 e. The highest BCUT2D eigenvalue weighted by atomic mass is 16.5. The molecule has 0 radical (unpaired) electrons. The Kier molecular flexibility index (Phi) is 4.43. The van der Waals surface area contributed by atoms with E-state index >= 15 is 0 Å². The summed E-state index contributed by atoms with van der Waals surface area (Å²) >= 11 is 0. The Hall–Kier alpha value is -4.21. The van der Waals surface area contributed by atoms with E-state index in [2.05, 4.69) is 20.1 Å². The van der Waals surface area contributed by atoms with E-state index in [4.69, 9.17) is 9.47 Å². The number of imidazole rings is 1. The second-order valence-electron chi connectivity index (χ2n) is 7.45. The Morgan fingerprint density at radius 2 is 1.84 bits per heavy atom. The Balaban J connectivity index is 1.85. The van der Waals surface area contributed by atoms with Gasteiger partial charge in [0.15, 0.2) is 0 Å². The normalized spacial score (nSPS) is 11.4. The first-order valence-corrected chi connectivity index (χ1v) is 9.89. The fraction of sp³-hybridized carbons (Fsp3) is 0.227. The predicted octanol–water partition coefficient (Wildman–Crippen LogP) is 2.39. The van der Waals surface area contributed by atoms with Crippen LogP contribution in [0, 0.1) is 6.92 Å². The molecule has 32 heavy (non-hydrogen) atoms. The molecule has 5 aromatic rings. The largest absolute Gasteiger partial charge is 0.480 e. The lowest BCUT2D eigenvalue weighted by Crippen LogP contribution is -2.21. The van der Waals surface area contributed by atoms with E-state index in [1.54, 1.807) is 40.4 Å². The van der Waals surface area contributed by atoms with Crippen molar-refractivity contribution >= 4 is 21.9 Å². The van der Waals surface area contributed by atoms with E-state index < -0.39 is 0 Å². The molecule has 0 saturated heterocycles. The number of fused-ring (bicyclic) bond motifs is 3. The maximum Gasteiger partial charge on any atom is 0.333 e. The van der Waals surface area contributed by atoms with Gasteiger partial charge in [-0.1, -0.05) is 6.07 Å². The van der Waals surface area contributed by atoms with Gasteiger partial charge in [-0.3, -0.25) is 18.8 Å². The van der Waals surface area contributed by atoms with Gasteiger partial charge in [-0.15, -0.1) is 0 Å². The summed E-state index contributed by atoms with van der Waals surface area (Å²) < 4.78 is 15.5. The molecule has 0 unspecified atom stereocenters. The Morgan fingerprint density at radius 3 is 2.53 bits per heavy atom. The molecule has 5 rings (SSSR count). The highest BCUT2D eigenvalue weighted by Crippen LogP contribution is 2.33. The molecule has 0 aliphatic heterocycles. The molecule has 0 saturated carbocycles. The number of hydrogen-bond acceptors (Lipinski definition) is 7. The third-order valence-electron chi connectivity index (χ3n) is 5.53. The number of aromatic nitrogens is 7. The number of hydrogen-bond donors (Lipinski definition) is 0. The van der Waals surface area contributed by atoms with Gasteiger partial charge in [0, 0.05) is 31.9 Å². The first-order valence-electron chi connectivity index (χ1n) is 9.89.